The third-order valence-corrected chi connectivity index (χ3v) is 1.43. The maximum Gasteiger partial charge on any atom is 0.0911 e. The van der Waals surface area contributed by atoms with Crippen LogP contribution in [-0.4, -0.2) is 5.04 Å². The maximum atomic E-state index is 4.16. The lowest BCUT2D eigenvalue weighted by Crippen LogP contribution is -2.02. The summed E-state index contributed by atoms with van der Waals surface area (Å²) in [5.41, 5.74) is 1.04. The van der Waals surface area contributed by atoms with Gasteiger partial charge in [-0.05, 0) is 25.8 Å². The summed E-state index contributed by atoms with van der Waals surface area (Å²) in [5.74, 6) is 0. The van der Waals surface area contributed by atoms with Crippen LogP contribution in [0.25, 0.3) is 0 Å². The standard InChI is InChI=1S/C5H8N2S/c1-4-3-6-8-5(2)7-4/h3,6H,1-2H3. The van der Waals surface area contributed by atoms with Crippen LogP contribution in [0.1, 0.15) is 13.8 Å². The Labute approximate surface area is 53.2 Å². The van der Waals surface area contributed by atoms with Crippen molar-refractivity contribution in [1.29, 1.82) is 0 Å². The zero-order valence-electron chi connectivity index (χ0n) is 4.93. The third-order valence-electron chi connectivity index (χ3n) is 0.808. The van der Waals surface area contributed by atoms with E-state index in [1.807, 2.05) is 20.0 Å². The average molecular weight is 128 g/mol. The van der Waals surface area contributed by atoms with E-state index in [1.165, 1.54) is 0 Å². The summed E-state index contributed by atoms with van der Waals surface area (Å²) < 4.78 is 3.01. The van der Waals surface area contributed by atoms with Crippen molar-refractivity contribution in [2.45, 2.75) is 13.8 Å². The van der Waals surface area contributed by atoms with Crippen LogP contribution >= 0.6 is 11.9 Å². The molecule has 0 atom stereocenters. The van der Waals surface area contributed by atoms with Crippen LogP contribution in [0.15, 0.2) is 16.9 Å². The van der Waals surface area contributed by atoms with Crippen molar-refractivity contribution < 1.29 is 0 Å². The Balaban J connectivity index is 2.69. The topological polar surface area (TPSA) is 24.4 Å². The molecule has 1 heterocycles. The molecule has 1 N–H and O–H groups in total. The molecule has 0 unspecified atom stereocenters. The zero-order valence-corrected chi connectivity index (χ0v) is 5.75. The predicted octanol–water partition coefficient (Wildman–Crippen LogP) is 1.52. The number of hydrogen-bond donors (Lipinski definition) is 1. The van der Waals surface area contributed by atoms with Gasteiger partial charge in [0.25, 0.3) is 0 Å². The van der Waals surface area contributed by atoms with Crippen LogP contribution < -0.4 is 4.72 Å². The van der Waals surface area contributed by atoms with Gasteiger partial charge in [0, 0.05) is 6.20 Å². The second-order valence-corrected chi connectivity index (χ2v) is 2.67. The van der Waals surface area contributed by atoms with Crippen molar-refractivity contribution in [1.82, 2.24) is 4.72 Å². The van der Waals surface area contributed by atoms with E-state index in [4.69, 9.17) is 0 Å². The fourth-order valence-corrected chi connectivity index (χ4v) is 1.09. The minimum Gasteiger partial charge on any atom is -0.330 e. The van der Waals surface area contributed by atoms with Crippen molar-refractivity contribution in [3.8, 4) is 0 Å². The molecule has 0 fully saturated rings. The molecule has 1 rings (SSSR count). The monoisotopic (exact) mass is 128 g/mol. The second-order valence-electron chi connectivity index (χ2n) is 1.64. The SMILES string of the molecule is CC1=CNSC(C)=N1. The molecule has 0 aliphatic carbocycles. The van der Waals surface area contributed by atoms with Crippen LogP contribution in [0.5, 0.6) is 0 Å². The molecule has 2 nitrogen and oxygen atoms in total. The quantitative estimate of drug-likeness (QED) is 0.500. The lowest BCUT2D eigenvalue weighted by atomic mass is 10.5. The van der Waals surface area contributed by atoms with Gasteiger partial charge in [0.15, 0.2) is 0 Å². The van der Waals surface area contributed by atoms with E-state index in [0.29, 0.717) is 0 Å². The summed E-state index contributed by atoms with van der Waals surface area (Å²) in [6.07, 6.45) is 1.89. The first kappa shape index (κ1) is 5.69. The van der Waals surface area contributed by atoms with E-state index >= 15 is 0 Å². The highest BCUT2D eigenvalue weighted by molar-refractivity contribution is 8.12. The molecule has 0 aromatic heterocycles. The van der Waals surface area contributed by atoms with Crippen molar-refractivity contribution in [2.75, 3.05) is 0 Å². The van der Waals surface area contributed by atoms with Gasteiger partial charge in [0.05, 0.1) is 10.7 Å². The fraction of sp³-hybridized carbons (Fsp3) is 0.400. The minimum absolute atomic E-state index is 1.04. The van der Waals surface area contributed by atoms with Gasteiger partial charge in [-0.25, -0.2) is 4.99 Å². The third kappa shape index (κ3) is 1.26. The van der Waals surface area contributed by atoms with Crippen LogP contribution in [0, 0.1) is 0 Å². The Bertz CT molecular complexity index is 149. The smallest absolute Gasteiger partial charge is 0.0911 e. The van der Waals surface area contributed by atoms with Gasteiger partial charge in [-0.3, -0.25) is 0 Å². The lowest BCUT2D eigenvalue weighted by Gasteiger charge is -2.05. The predicted molar refractivity (Wildman–Crippen MR) is 37.6 cm³/mol. The Kier molecular flexibility index (Phi) is 1.58. The van der Waals surface area contributed by atoms with Gasteiger partial charge in [-0.2, -0.15) is 0 Å². The number of nitrogens with one attached hydrogen (secondary N) is 1. The molecule has 0 spiro atoms. The fourth-order valence-electron chi connectivity index (χ4n) is 0.503. The highest BCUT2D eigenvalue weighted by atomic mass is 32.2. The Morgan fingerprint density at radius 1 is 1.62 bits per heavy atom. The zero-order chi connectivity index (χ0) is 5.98. The molecule has 0 saturated heterocycles. The first-order valence-electron chi connectivity index (χ1n) is 2.43. The summed E-state index contributed by atoms with van der Waals surface area (Å²) in [6.45, 7) is 3.95. The number of allylic oxidation sites excluding steroid dienone is 1. The van der Waals surface area contributed by atoms with Crippen molar-refractivity contribution in [3.63, 3.8) is 0 Å². The summed E-state index contributed by atoms with van der Waals surface area (Å²) in [5, 5.41) is 1.07. The summed E-state index contributed by atoms with van der Waals surface area (Å²) in [7, 11) is 0. The van der Waals surface area contributed by atoms with Crippen LogP contribution in [-0.2, 0) is 0 Å². The van der Waals surface area contributed by atoms with Crippen LogP contribution in [0.4, 0.5) is 0 Å². The Hall–Kier alpha value is -0.440. The summed E-state index contributed by atoms with van der Waals surface area (Å²) >= 11 is 1.55. The largest absolute Gasteiger partial charge is 0.330 e. The number of aliphatic imine (C=N–C) groups is 1. The summed E-state index contributed by atoms with van der Waals surface area (Å²) in [6, 6.07) is 0. The maximum absolute atomic E-state index is 4.16. The molecule has 8 heavy (non-hydrogen) atoms. The van der Waals surface area contributed by atoms with Crippen molar-refractivity contribution in [3.05, 3.63) is 11.9 Å². The first-order valence-corrected chi connectivity index (χ1v) is 3.25. The van der Waals surface area contributed by atoms with Gasteiger partial charge < -0.3 is 4.72 Å². The van der Waals surface area contributed by atoms with Gasteiger partial charge >= 0.3 is 0 Å². The molecular weight excluding hydrogens is 120 g/mol. The molecule has 0 aromatic rings. The van der Waals surface area contributed by atoms with E-state index in [0.717, 1.165) is 10.7 Å². The van der Waals surface area contributed by atoms with E-state index in [9.17, 15) is 0 Å². The molecule has 1 aliphatic rings. The molecule has 0 aromatic carbocycles. The molecule has 0 radical (unpaired) electrons. The molecule has 1 aliphatic heterocycles. The van der Waals surface area contributed by atoms with Crippen molar-refractivity contribution in [2.24, 2.45) is 4.99 Å². The molecule has 44 valence electrons. The molecule has 0 saturated carbocycles. The number of nitrogens with zero attached hydrogens (tertiary/aromatic N) is 1. The number of rotatable bonds is 0. The highest BCUT2D eigenvalue weighted by Crippen LogP contribution is 2.08. The summed E-state index contributed by atoms with van der Waals surface area (Å²) in [4.78, 5) is 4.16. The van der Waals surface area contributed by atoms with Gasteiger partial charge in [-0.1, -0.05) is 0 Å². The number of hydrogen-bond acceptors (Lipinski definition) is 3. The molecule has 0 bridgehead atoms. The normalized spacial score (nSPS) is 18.8. The highest BCUT2D eigenvalue weighted by Gasteiger charge is 1.95. The Morgan fingerprint density at radius 2 is 2.38 bits per heavy atom. The minimum atomic E-state index is 1.04. The lowest BCUT2D eigenvalue weighted by molar-refractivity contribution is 1.22. The molecule has 3 heteroatoms. The van der Waals surface area contributed by atoms with E-state index < -0.39 is 0 Å². The van der Waals surface area contributed by atoms with Crippen LogP contribution in [0.3, 0.4) is 0 Å². The molecule has 0 amide bonds. The van der Waals surface area contributed by atoms with Crippen molar-refractivity contribution >= 4 is 17.0 Å². The first-order chi connectivity index (χ1) is 3.79. The average Bonchev–Trinajstić information content (AvgIpc) is 1.64. The van der Waals surface area contributed by atoms with Gasteiger partial charge in [0.1, 0.15) is 0 Å². The Morgan fingerprint density at radius 3 is 2.75 bits per heavy atom. The van der Waals surface area contributed by atoms with Crippen LogP contribution in [0.2, 0.25) is 0 Å². The van der Waals surface area contributed by atoms with E-state index in [2.05, 4.69) is 9.71 Å². The van der Waals surface area contributed by atoms with Gasteiger partial charge in [0.2, 0.25) is 0 Å². The second kappa shape index (κ2) is 2.22. The van der Waals surface area contributed by atoms with Gasteiger partial charge in [-0.15, -0.1) is 0 Å². The van der Waals surface area contributed by atoms with E-state index in [1.54, 1.807) is 11.9 Å². The van der Waals surface area contributed by atoms with E-state index in [-0.39, 0.29) is 0 Å². The molecular formula is C5H8N2S.